The second kappa shape index (κ2) is 2.46. The van der Waals surface area contributed by atoms with Crippen molar-refractivity contribution in [1.29, 1.82) is 0 Å². The first-order valence-electron chi connectivity index (χ1n) is 3.27. The van der Waals surface area contributed by atoms with Crippen LogP contribution in [0.25, 0.3) is 0 Å². The lowest BCUT2D eigenvalue weighted by Gasteiger charge is -2.43. The highest BCUT2D eigenvalue weighted by Crippen LogP contribution is 2.23. The molecule has 4 nitrogen and oxygen atoms in total. The van der Waals surface area contributed by atoms with Crippen LogP contribution in [0, 0.1) is 5.92 Å². The zero-order chi connectivity index (χ0) is 7.72. The molecular weight excluding hydrogens is 134 g/mol. The molecule has 0 spiro atoms. The predicted octanol–water partition coefficient (Wildman–Crippen LogP) is -0.0230. The number of amides is 1. The van der Waals surface area contributed by atoms with Gasteiger partial charge in [0, 0.05) is 6.54 Å². The van der Waals surface area contributed by atoms with Crippen molar-refractivity contribution in [1.82, 2.24) is 4.90 Å². The van der Waals surface area contributed by atoms with Crippen LogP contribution < -0.4 is 0 Å². The van der Waals surface area contributed by atoms with Crippen LogP contribution in [0.3, 0.4) is 0 Å². The number of aliphatic hydroxyl groups excluding tert-OH is 1. The molecule has 0 aliphatic carbocycles. The zero-order valence-corrected chi connectivity index (χ0v) is 5.82. The minimum absolute atomic E-state index is 0.0620. The second-order valence-electron chi connectivity index (χ2n) is 2.66. The van der Waals surface area contributed by atoms with Crippen LogP contribution in [0.5, 0.6) is 0 Å². The Bertz CT molecular complexity index is 148. The van der Waals surface area contributed by atoms with E-state index in [0.29, 0.717) is 12.5 Å². The Hall–Kier alpha value is -0.770. The van der Waals surface area contributed by atoms with Gasteiger partial charge < -0.3 is 15.1 Å². The van der Waals surface area contributed by atoms with Gasteiger partial charge in [0.25, 0.3) is 0 Å². The lowest BCUT2D eigenvalue weighted by molar-refractivity contribution is 0.000718. The van der Waals surface area contributed by atoms with Crippen LogP contribution in [0.2, 0.25) is 0 Å². The van der Waals surface area contributed by atoms with Gasteiger partial charge in [-0.15, -0.1) is 0 Å². The van der Waals surface area contributed by atoms with Gasteiger partial charge in [-0.3, -0.25) is 0 Å². The molecule has 2 N–H and O–H groups in total. The highest BCUT2D eigenvalue weighted by Gasteiger charge is 2.38. The summed E-state index contributed by atoms with van der Waals surface area (Å²) >= 11 is 0. The first-order chi connectivity index (χ1) is 4.66. The maximum atomic E-state index is 10.3. The molecule has 10 heavy (non-hydrogen) atoms. The summed E-state index contributed by atoms with van der Waals surface area (Å²) in [4.78, 5) is 11.6. The van der Waals surface area contributed by atoms with Crippen molar-refractivity contribution in [2.45, 2.75) is 13.0 Å². The predicted molar refractivity (Wildman–Crippen MR) is 34.8 cm³/mol. The zero-order valence-electron chi connectivity index (χ0n) is 5.82. The van der Waals surface area contributed by atoms with E-state index >= 15 is 0 Å². The average Bonchev–Trinajstić information content (AvgIpc) is 1.83. The van der Waals surface area contributed by atoms with E-state index < -0.39 is 6.09 Å². The van der Waals surface area contributed by atoms with Gasteiger partial charge in [0.05, 0.1) is 12.6 Å². The molecule has 1 aliphatic heterocycles. The fourth-order valence-corrected chi connectivity index (χ4v) is 1.23. The third-order valence-electron chi connectivity index (χ3n) is 1.97. The normalized spacial score (nSPS) is 31.6. The number of carbonyl (C=O) groups is 1. The largest absolute Gasteiger partial charge is 0.465 e. The summed E-state index contributed by atoms with van der Waals surface area (Å²) in [5.74, 6) is 0.307. The van der Waals surface area contributed by atoms with Gasteiger partial charge in [0.2, 0.25) is 0 Å². The molecule has 0 aromatic heterocycles. The summed E-state index contributed by atoms with van der Waals surface area (Å²) in [5, 5.41) is 17.1. The fraction of sp³-hybridized carbons (Fsp3) is 0.833. The first kappa shape index (κ1) is 7.34. The molecule has 1 aliphatic rings. The molecule has 1 saturated heterocycles. The van der Waals surface area contributed by atoms with Crippen LogP contribution in [-0.4, -0.2) is 40.4 Å². The third-order valence-corrected chi connectivity index (χ3v) is 1.97. The molecule has 0 saturated carbocycles. The number of carboxylic acid groups (broad SMARTS) is 1. The van der Waals surface area contributed by atoms with E-state index in [-0.39, 0.29) is 12.6 Å². The quantitative estimate of drug-likeness (QED) is 0.545. The van der Waals surface area contributed by atoms with Crippen molar-refractivity contribution in [2.24, 2.45) is 5.92 Å². The maximum Gasteiger partial charge on any atom is 0.407 e. The van der Waals surface area contributed by atoms with Gasteiger partial charge in [0.15, 0.2) is 0 Å². The average molecular weight is 145 g/mol. The molecule has 0 bridgehead atoms. The molecule has 0 aromatic carbocycles. The van der Waals surface area contributed by atoms with E-state index in [1.807, 2.05) is 6.92 Å². The van der Waals surface area contributed by atoms with Crippen LogP contribution in [0.15, 0.2) is 0 Å². The monoisotopic (exact) mass is 145 g/mol. The minimum Gasteiger partial charge on any atom is -0.465 e. The standard InChI is InChI=1S/C6H11NO3/c1-4-2-7(6(9)10)5(4)3-8/h4-5,8H,2-3H2,1H3,(H,9,10). The van der Waals surface area contributed by atoms with Crippen molar-refractivity contribution in [3.05, 3.63) is 0 Å². The van der Waals surface area contributed by atoms with E-state index in [0.717, 1.165) is 0 Å². The smallest absolute Gasteiger partial charge is 0.407 e. The summed E-state index contributed by atoms with van der Waals surface area (Å²) in [6.07, 6.45) is -0.933. The minimum atomic E-state index is -0.933. The van der Waals surface area contributed by atoms with Crippen molar-refractivity contribution in [3.8, 4) is 0 Å². The number of hydrogen-bond donors (Lipinski definition) is 2. The third kappa shape index (κ3) is 0.945. The number of aliphatic hydroxyl groups is 1. The summed E-state index contributed by atoms with van der Waals surface area (Å²) in [6, 6.07) is -0.169. The lowest BCUT2D eigenvalue weighted by atomic mass is 9.92. The number of nitrogens with zero attached hydrogens (tertiary/aromatic N) is 1. The molecule has 58 valence electrons. The Balaban J connectivity index is 2.45. The molecule has 2 unspecified atom stereocenters. The van der Waals surface area contributed by atoms with Crippen molar-refractivity contribution in [3.63, 3.8) is 0 Å². The van der Waals surface area contributed by atoms with Crippen LogP contribution in [-0.2, 0) is 0 Å². The van der Waals surface area contributed by atoms with Gasteiger partial charge in [-0.2, -0.15) is 0 Å². The van der Waals surface area contributed by atoms with E-state index in [4.69, 9.17) is 10.2 Å². The SMILES string of the molecule is CC1CN(C(=O)O)C1CO. The number of hydrogen-bond acceptors (Lipinski definition) is 2. The second-order valence-corrected chi connectivity index (χ2v) is 2.66. The highest BCUT2D eigenvalue weighted by molar-refractivity contribution is 5.66. The Morgan fingerprint density at radius 3 is 2.60 bits per heavy atom. The number of rotatable bonds is 1. The Morgan fingerprint density at radius 2 is 2.40 bits per heavy atom. The molecule has 0 aromatic rings. The van der Waals surface area contributed by atoms with Crippen LogP contribution >= 0.6 is 0 Å². The van der Waals surface area contributed by atoms with Gasteiger partial charge in [-0.05, 0) is 5.92 Å². The van der Waals surface area contributed by atoms with Gasteiger partial charge in [0.1, 0.15) is 0 Å². The first-order valence-corrected chi connectivity index (χ1v) is 3.27. The van der Waals surface area contributed by atoms with E-state index in [1.54, 1.807) is 0 Å². The summed E-state index contributed by atoms with van der Waals surface area (Å²) < 4.78 is 0. The topological polar surface area (TPSA) is 60.8 Å². The summed E-state index contributed by atoms with van der Waals surface area (Å²) in [6.45, 7) is 2.42. The van der Waals surface area contributed by atoms with Gasteiger partial charge >= 0.3 is 6.09 Å². The summed E-state index contributed by atoms with van der Waals surface area (Å²) in [7, 11) is 0. The molecule has 1 amide bonds. The number of likely N-dealkylation sites (tertiary alicyclic amines) is 1. The van der Waals surface area contributed by atoms with Gasteiger partial charge in [-0.1, -0.05) is 6.92 Å². The van der Waals surface area contributed by atoms with Crippen molar-refractivity contribution >= 4 is 6.09 Å². The Labute approximate surface area is 59.1 Å². The summed E-state index contributed by atoms with van der Waals surface area (Å²) in [5.41, 5.74) is 0. The Morgan fingerprint density at radius 1 is 1.80 bits per heavy atom. The lowest BCUT2D eigenvalue weighted by Crippen LogP contribution is -2.58. The molecule has 1 rings (SSSR count). The fourth-order valence-electron chi connectivity index (χ4n) is 1.23. The van der Waals surface area contributed by atoms with E-state index in [1.165, 1.54) is 4.90 Å². The molecule has 0 radical (unpaired) electrons. The maximum absolute atomic E-state index is 10.3. The van der Waals surface area contributed by atoms with Crippen LogP contribution in [0.4, 0.5) is 4.79 Å². The van der Waals surface area contributed by atoms with E-state index in [9.17, 15) is 4.79 Å². The Kier molecular flexibility index (Phi) is 1.80. The molecule has 2 atom stereocenters. The molecular formula is C6H11NO3. The highest BCUT2D eigenvalue weighted by atomic mass is 16.4. The van der Waals surface area contributed by atoms with Crippen molar-refractivity contribution in [2.75, 3.05) is 13.2 Å². The van der Waals surface area contributed by atoms with Crippen LogP contribution in [0.1, 0.15) is 6.92 Å². The molecule has 4 heteroatoms. The van der Waals surface area contributed by atoms with Crippen molar-refractivity contribution < 1.29 is 15.0 Å². The van der Waals surface area contributed by atoms with Gasteiger partial charge in [-0.25, -0.2) is 4.79 Å². The molecule has 1 heterocycles. The molecule has 1 fully saturated rings. The van der Waals surface area contributed by atoms with E-state index in [2.05, 4.69) is 0 Å².